The molecule has 122 valence electrons. The van der Waals surface area contributed by atoms with Crippen LogP contribution >= 0.6 is 0 Å². The third-order valence-corrected chi connectivity index (χ3v) is 4.73. The van der Waals surface area contributed by atoms with Gasteiger partial charge in [0.1, 0.15) is 11.6 Å². The van der Waals surface area contributed by atoms with E-state index in [1.54, 1.807) is 6.20 Å². The topological polar surface area (TPSA) is 97.0 Å². The first-order valence-corrected chi connectivity index (χ1v) is 8.24. The monoisotopic (exact) mass is 315 g/mol. The number of aryl methyl sites for hydroxylation is 1. The maximum atomic E-state index is 10.3. The maximum absolute atomic E-state index is 10.3. The van der Waals surface area contributed by atoms with Gasteiger partial charge in [-0.25, -0.2) is 9.97 Å². The number of aromatic nitrogens is 4. The first kappa shape index (κ1) is 14.6. The molecule has 0 bridgehead atoms. The fourth-order valence-corrected chi connectivity index (χ4v) is 3.23. The molecule has 23 heavy (non-hydrogen) atoms. The molecule has 0 spiro atoms. The van der Waals surface area contributed by atoms with Crippen LogP contribution in [0.15, 0.2) is 16.8 Å². The highest BCUT2D eigenvalue weighted by molar-refractivity contribution is 5.32. The molecule has 3 atom stereocenters. The highest BCUT2D eigenvalue weighted by Crippen LogP contribution is 2.41. The minimum absolute atomic E-state index is 0.156. The Morgan fingerprint density at radius 3 is 2.91 bits per heavy atom. The zero-order valence-corrected chi connectivity index (χ0v) is 13.1. The molecule has 2 aliphatic carbocycles. The molecule has 2 fully saturated rings. The van der Waals surface area contributed by atoms with Crippen molar-refractivity contribution >= 4 is 5.82 Å². The molecule has 0 radical (unpaired) electrons. The quantitative estimate of drug-likeness (QED) is 0.871. The summed E-state index contributed by atoms with van der Waals surface area (Å²) in [5.74, 6) is 3.87. The number of nitrogens with zero attached hydrogens (tertiary/aromatic N) is 4. The third-order valence-electron chi connectivity index (χ3n) is 4.73. The van der Waals surface area contributed by atoms with E-state index < -0.39 is 0 Å². The lowest BCUT2D eigenvalue weighted by atomic mass is 10.0. The molecule has 0 aliphatic heterocycles. The average molecular weight is 315 g/mol. The van der Waals surface area contributed by atoms with Gasteiger partial charge in [-0.1, -0.05) is 5.16 Å². The van der Waals surface area contributed by atoms with Crippen LogP contribution in [0, 0.1) is 12.8 Å². The van der Waals surface area contributed by atoms with Crippen LogP contribution < -0.4 is 5.32 Å². The van der Waals surface area contributed by atoms with Crippen LogP contribution in [0.4, 0.5) is 5.82 Å². The molecule has 0 amide bonds. The number of hydrogen-bond acceptors (Lipinski definition) is 7. The lowest BCUT2D eigenvalue weighted by molar-refractivity contribution is 0.137. The van der Waals surface area contributed by atoms with Crippen molar-refractivity contribution in [2.24, 2.45) is 5.92 Å². The molecule has 4 rings (SSSR count). The van der Waals surface area contributed by atoms with E-state index in [-0.39, 0.29) is 17.9 Å². The largest absolute Gasteiger partial charge is 0.393 e. The lowest BCUT2D eigenvalue weighted by Gasteiger charge is -2.15. The number of rotatable bonds is 5. The molecule has 0 saturated heterocycles. The Bertz CT molecular complexity index is 685. The summed E-state index contributed by atoms with van der Waals surface area (Å²) in [6.07, 6.45) is 5.24. The van der Waals surface area contributed by atoms with E-state index in [1.165, 1.54) is 0 Å². The number of anilines is 1. The predicted molar refractivity (Wildman–Crippen MR) is 83.0 cm³/mol. The first-order chi connectivity index (χ1) is 11.2. The normalized spacial score (nSPS) is 27.3. The highest BCUT2D eigenvalue weighted by Gasteiger charge is 2.38. The summed E-state index contributed by atoms with van der Waals surface area (Å²) in [4.78, 5) is 12.9. The van der Waals surface area contributed by atoms with Crippen LogP contribution in [0.2, 0.25) is 0 Å². The van der Waals surface area contributed by atoms with Gasteiger partial charge in [-0.05, 0) is 38.7 Å². The number of aliphatic hydroxyl groups is 1. The van der Waals surface area contributed by atoms with Crippen molar-refractivity contribution in [2.75, 3.05) is 11.9 Å². The molecule has 7 heteroatoms. The highest BCUT2D eigenvalue weighted by atomic mass is 16.5. The average Bonchev–Trinajstić information content (AvgIpc) is 3.15. The molecular weight excluding hydrogens is 294 g/mol. The van der Waals surface area contributed by atoms with Gasteiger partial charge in [0.05, 0.1) is 6.10 Å². The Kier molecular flexibility index (Phi) is 3.72. The maximum Gasteiger partial charge on any atom is 0.229 e. The van der Waals surface area contributed by atoms with Crippen molar-refractivity contribution in [1.82, 2.24) is 20.1 Å². The second kappa shape index (κ2) is 5.88. The summed E-state index contributed by atoms with van der Waals surface area (Å²) >= 11 is 0. The number of aliphatic hydroxyl groups excluding tert-OH is 1. The minimum atomic E-state index is -0.355. The van der Waals surface area contributed by atoms with E-state index in [4.69, 9.17) is 4.52 Å². The fraction of sp³-hybridized carbons (Fsp3) is 0.625. The van der Waals surface area contributed by atoms with E-state index in [0.29, 0.717) is 24.8 Å². The Balaban J connectivity index is 1.36. The summed E-state index contributed by atoms with van der Waals surface area (Å²) < 4.78 is 5.41. The molecule has 7 nitrogen and oxygen atoms in total. The lowest BCUT2D eigenvalue weighted by Crippen LogP contribution is -2.22. The van der Waals surface area contributed by atoms with E-state index in [2.05, 4.69) is 25.4 Å². The van der Waals surface area contributed by atoms with Crippen molar-refractivity contribution in [1.29, 1.82) is 0 Å². The summed E-state index contributed by atoms with van der Waals surface area (Å²) in [5, 5.41) is 17.7. The first-order valence-electron chi connectivity index (χ1n) is 8.24. The van der Waals surface area contributed by atoms with E-state index in [0.717, 1.165) is 36.7 Å². The van der Waals surface area contributed by atoms with Gasteiger partial charge in [-0.15, -0.1) is 0 Å². The Hall–Kier alpha value is -2.02. The molecular formula is C16H21N5O2. The second-order valence-corrected chi connectivity index (χ2v) is 6.63. The van der Waals surface area contributed by atoms with Gasteiger partial charge in [-0.3, -0.25) is 0 Å². The van der Waals surface area contributed by atoms with E-state index in [1.807, 2.05) is 13.0 Å². The smallest absolute Gasteiger partial charge is 0.229 e. The zero-order valence-electron chi connectivity index (χ0n) is 13.1. The molecule has 2 heterocycles. The molecule has 2 N–H and O–H groups in total. The van der Waals surface area contributed by atoms with Crippen molar-refractivity contribution < 1.29 is 9.63 Å². The van der Waals surface area contributed by atoms with Crippen molar-refractivity contribution in [3.05, 3.63) is 29.8 Å². The van der Waals surface area contributed by atoms with Crippen molar-refractivity contribution in [3.8, 4) is 0 Å². The predicted octanol–water partition coefficient (Wildman–Crippen LogP) is 2.01. The van der Waals surface area contributed by atoms with E-state index >= 15 is 0 Å². The molecule has 2 saturated carbocycles. The van der Waals surface area contributed by atoms with Gasteiger partial charge in [0, 0.05) is 30.5 Å². The molecule has 0 unspecified atom stereocenters. The minimum Gasteiger partial charge on any atom is -0.393 e. The SMILES string of the molecule is Cc1nccc(NC[C@H]2C[C@H](c3nc(C4CC4)no3)C[C@H]2O)n1. The Labute approximate surface area is 134 Å². The molecule has 2 aromatic heterocycles. The van der Waals surface area contributed by atoms with Gasteiger partial charge < -0.3 is 14.9 Å². The van der Waals surface area contributed by atoms with Crippen LogP contribution in [-0.2, 0) is 0 Å². The summed E-state index contributed by atoms with van der Waals surface area (Å²) in [7, 11) is 0. The van der Waals surface area contributed by atoms with Gasteiger partial charge in [-0.2, -0.15) is 4.98 Å². The number of nitrogens with one attached hydrogen (secondary N) is 1. The fourth-order valence-electron chi connectivity index (χ4n) is 3.23. The van der Waals surface area contributed by atoms with Crippen LogP contribution in [0.5, 0.6) is 0 Å². The van der Waals surface area contributed by atoms with Crippen LogP contribution in [-0.4, -0.2) is 37.9 Å². The summed E-state index contributed by atoms with van der Waals surface area (Å²) in [6.45, 7) is 2.54. The van der Waals surface area contributed by atoms with E-state index in [9.17, 15) is 5.11 Å². The Morgan fingerprint density at radius 1 is 1.26 bits per heavy atom. The van der Waals surface area contributed by atoms with Gasteiger partial charge >= 0.3 is 0 Å². The van der Waals surface area contributed by atoms with Crippen molar-refractivity contribution in [2.45, 2.75) is 50.5 Å². The van der Waals surface area contributed by atoms with Gasteiger partial charge in [0.15, 0.2) is 5.82 Å². The molecule has 0 aromatic carbocycles. The summed E-state index contributed by atoms with van der Waals surface area (Å²) in [5.41, 5.74) is 0. The van der Waals surface area contributed by atoms with Crippen molar-refractivity contribution in [3.63, 3.8) is 0 Å². The molecule has 2 aliphatic rings. The Morgan fingerprint density at radius 2 is 2.13 bits per heavy atom. The van der Waals surface area contributed by atoms with Crippen LogP contribution in [0.25, 0.3) is 0 Å². The van der Waals surface area contributed by atoms with Crippen LogP contribution in [0.3, 0.4) is 0 Å². The standard InChI is InChI=1S/C16H21N5O2/c1-9-17-5-4-14(19-9)18-8-12-6-11(7-13(12)22)16-20-15(21-23-16)10-2-3-10/h4-5,10-13,22H,2-3,6-8H2,1H3,(H,17,18,19)/t11-,12+,13+/m0/s1. The zero-order chi connectivity index (χ0) is 15.8. The molecule has 2 aromatic rings. The van der Waals surface area contributed by atoms with Gasteiger partial charge in [0.25, 0.3) is 0 Å². The van der Waals surface area contributed by atoms with Gasteiger partial charge in [0.2, 0.25) is 5.89 Å². The summed E-state index contributed by atoms with van der Waals surface area (Å²) in [6, 6.07) is 1.84. The third kappa shape index (κ3) is 3.19. The second-order valence-electron chi connectivity index (χ2n) is 6.63. The number of hydrogen-bond donors (Lipinski definition) is 2. The van der Waals surface area contributed by atoms with Crippen LogP contribution in [0.1, 0.15) is 55.1 Å².